The molecule has 0 unspecified atom stereocenters. The van der Waals surface area contributed by atoms with Gasteiger partial charge in [-0.3, -0.25) is 9.59 Å². The summed E-state index contributed by atoms with van der Waals surface area (Å²) < 4.78 is 10.3. The molecule has 0 aliphatic carbocycles. The molecular weight excluding hydrogens is 332 g/mol. The van der Waals surface area contributed by atoms with Crippen LogP contribution in [0.4, 0.5) is 0 Å². The first-order valence-corrected chi connectivity index (χ1v) is 8.42. The molecule has 0 bridgehead atoms. The van der Waals surface area contributed by atoms with E-state index < -0.39 is 0 Å². The van der Waals surface area contributed by atoms with Crippen LogP contribution in [-0.2, 0) is 6.54 Å². The summed E-state index contributed by atoms with van der Waals surface area (Å²) in [6.45, 7) is 2.05. The van der Waals surface area contributed by atoms with E-state index in [2.05, 4.69) is 10.6 Å². The molecule has 26 heavy (non-hydrogen) atoms. The number of methoxy groups -OCH3 is 2. The van der Waals surface area contributed by atoms with Crippen molar-refractivity contribution in [2.45, 2.75) is 13.0 Å². The van der Waals surface area contributed by atoms with Crippen LogP contribution in [0.15, 0.2) is 42.5 Å². The fourth-order valence-corrected chi connectivity index (χ4v) is 2.47. The largest absolute Gasteiger partial charge is 0.497 e. The molecule has 0 heterocycles. The fourth-order valence-electron chi connectivity index (χ4n) is 2.47. The van der Waals surface area contributed by atoms with Gasteiger partial charge in [-0.25, -0.2) is 0 Å². The van der Waals surface area contributed by atoms with Crippen molar-refractivity contribution in [3.8, 4) is 11.5 Å². The monoisotopic (exact) mass is 356 g/mol. The van der Waals surface area contributed by atoms with Crippen LogP contribution in [0.5, 0.6) is 11.5 Å². The molecule has 138 valence electrons. The van der Waals surface area contributed by atoms with Crippen molar-refractivity contribution in [3.63, 3.8) is 0 Å². The van der Waals surface area contributed by atoms with E-state index in [4.69, 9.17) is 9.47 Å². The third kappa shape index (κ3) is 5.89. The zero-order valence-electron chi connectivity index (χ0n) is 15.1. The van der Waals surface area contributed by atoms with Crippen molar-refractivity contribution >= 4 is 12.2 Å². The average Bonchev–Trinajstić information content (AvgIpc) is 2.69. The zero-order valence-corrected chi connectivity index (χ0v) is 15.1. The number of benzene rings is 2. The van der Waals surface area contributed by atoms with Gasteiger partial charge in [-0.05, 0) is 48.9 Å². The lowest BCUT2D eigenvalue weighted by molar-refractivity contribution is 0.0953. The number of amides is 1. The number of hydrogen-bond donors (Lipinski definition) is 2. The minimum atomic E-state index is -0.222. The topological polar surface area (TPSA) is 76.7 Å². The van der Waals surface area contributed by atoms with Gasteiger partial charge in [0.05, 0.1) is 14.2 Å². The van der Waals surface area contributed by atoms with Gasteiger partial charge in [0.15, 0.2) is 0 Å². The third-order valence-corrected chi connectivity index (χ3v) is 3.84. The van der Waals surface area contributed by atoms with Crippen molar-refractivity contribution in [2.75, 3.05) is 27.3 Å². The van der Waals surface area contributed by atoms with Crippen LogP contribution >= 0.6 is 0 Å². The van der Waals surface area contributed by atoms with Gasteiger partial charge >= 0.3 is 0 Å². The van der Waals surface area contributed by atoms with Crippen LogP contribution in [0.1, 0.15) is 32.7 Å². The Balaban J connectivity index is 1.72. The highest BCUT2D eigenvalue weighted by Crippen LogP contribution is 2.16. The van der Waals surface area contributed by atoms with Crippen LogP contribution in [0.25, 0.3) is 0 Å². The number of ether oxygens (including phenoxy) is 2. The van der Waals surface area contributed by atoms with Crippen LogP contribution < -0.4 is 20.1 Å². The van der Waals surface area contributed by atoms with E-state index in [0.29, 0.717) is 29.7 Å². The predicted octanol–water partition coefficient (Wildman–Crippen LogP) is 2.43. The summed E-state index contributed by atoms with van der Waals surface area (Å²) in [5.41, 5.74) is 1.97. The van der Waals surface area contributed by atoms with E-state index in [0.717, 1.165) is 30.8 Å². The summed E-state index contributed by atoms with van der Waals surface area (Å²) in [4.78, 5) is 23.1. The lowest BCUT2D eigenvalue weighted by Gasteiger charge is -2.09. The summed E-state index contributed by atoms with van der Waals surface area (Å²) >= 11 is 0. The molecule has 2 aromatic rings. The van der Waals surface area contributed by atoms with Gasteiger partial charge in [0.1, 0.15) is 17.8 Å². The summed E-state index contributed by atoms with van der Waals surface area (Å²) in [5, 5.41) is 6.18. The van der Waals surface area contributed by atoms with E-state index in [9.17, 15) is 9.59 Å². The Kier molecular flexibility index (Phi) is 7.64. The second kappa shape index (κ2) is 10.2. The lowest BCUT2D eigenvalue weighted by atomic mass is 10.1. The average molecular weight is 356 g/mol. The van der Waals surface area contributed by atoms with Gasteiger partial charge in [-0.15, -0.1) is 0 Å². The van der Waals surface area contributed by atoms with Crippen molar-refractivity contribution in [1.82, 2.24) is 10.6 Å². The molecule has 2 aromatic carbocycles. The lowest BCUT2D eigenvalue weighted by Crippen LogP contribution is -2.27. The first kappa shape index (κ1) is 19.5. The SMILES string of the molecule is COc1cccc(CNCCCNC(=O)c2cc(C=O)cc(OC)c2)c1. The Bertz CT molecular complexity index is 746. The highest BCUT2D eigenvalue weighted by molar-refractivity contribution is 5.96. The summed E-state index contributed by atoms with van der Waals surface area (Å²) in [6, 6.07) is 12.6. The number of carbonyl (C=O) groups excluding carboxylic acids is 2. The van der Waals surface area contributed by atoms with Crippen molar-refractivity contribution in [1.29, 1.82) is 0 Å². The fraction of sp³-hybridized carbons (Fsp3) is 0.300. The maximum Gasteiger partial charge on any atom is 0.251 e. The summed E-state index contributed by atoms with van der Waals surface area (Å²) in [5.74, 6) is 1.10. The molecule has 0 aliphatic rings. The molecule has 0 aliphatic heterocycles. The van der Waals surface area contributed by atoms with Gasteiger partial charge in [0.2, 0.25) is 0 Å². The van der Waals surface area contributed by atoms with E-state index in [1.165, 1.54) is 7.11 Å². The molecule has 6 nitrogen and oxygen atoms in total. The van der Waals surface area contributed by atoms with Gasteiger partial charge in [-0.1, -0.05) is 12.1 Å². The third-order valence-electron chi connectivity index (χ3n) is 3.84. The molecule has 1 amide bonds. The highest BCUT2D eigenvalue weighted by Gasteiger charge is 2.08. The normalized spacial score (nSPS) is 10.2. The second-order valence-electron chi connectivity index (χ2n) is 5.75. The van der Waals surface area contributed by atoms with E-state index in [1.54, 1.807) is 25.3 Å². The molecule has 0 saturated carbocycles. The standard InChI is InChI=1S/C20H24N2O4/c1-25-18-6-3-5-15(10-18)13-21-7-4-8-22-20(24)17-9-16(14-23)11-19(12-17)26-2/h3,5-6,9-12,14,21H,4,7-8,13H2,1-2H3,(H,22,24). The highest BCUT2D eigenvalue weighted by atomic mass is 16.5. The van der Waals surface area contributed by atoms with E-state index in [-0.39, 0.29) is 5.91 Å². The van der Waals surface area contributed by atoms with Crippen LogP contribution in [0.3, 0.4) is 0 Å². The number of aldehydes is 1. The van der Waals surface area contributed by atoms with Crippen molar-refractivity contribution in [3.05, 3.63) is 59.2 Å². The molecule has 2 rings (SSSR count). The first-order chi connectivity index (χ1) is 12.7. The Labute approximate surface area is 153 Å². The molecule has 0 atom stereocenters. The molecule has 2 N–H and O–H groups in total. The van der Waals surface area contributed by atoms with Crippen LogP contribution in [-0.4, -0.2) is 39.5 Å². The van der Waals surface area contributed by atoms with E-state index in [1.807, 2.05) is 24.3 Å². The van der Waals surface area contributed by atoms with E-state index >= 15 is 0 Å². The van der Waals surface area contributed by atoms with Crippen LogP contribution in [0, 0.1) is 0 Å². The summed E-state index contributed by atoms with van der Waals surface area (Å²) in [6.07, 6.45) is 1.49. The molecule has 6 heteroatoms. The molecule has 0 aromatic heterocycles. The number of hydrogen-bond acceptors (Lipinski definition) is 5. The maximum atomic E-state index is 12.2. The van der Waals surface area contributed by atoms with Gasteiger partial charge in [-0.2, -0.15) is 0 Å². The predicted molar refractivity (Wildman–Crippen MR) is 100 cm³/mol. The van der Waals surface area contributed by atoms with Gasteiger partial charge in [0.25, 0.3) is 5.91 Å². The molecule has 0 spiro atoms. The first-order valence-electron chi connectivity index (χ1n) is 8.42. The zero-order chi connectivity index (χ0) is 18.8. The minimum Gasteiger partial charge on any atom is -0.497 e. The molecular formula is C20H24N2O4. The second-order valence-corrected chi connectivity index (χ2v) is 5.75. The smallest absolute Gasteiger partial charge is 0.251 e. The quantitative estimate of drug-likeness (QED) is 0.505. The number of rotatable bonds is 10. The molecule has 0 fully saturated rings. The molecule has 0 saturated heterocycles. The van der Waals surface area contributed by atoms with Crippen molar-refractivity contribution in [2.24, 2.45) is 0 Å². The maximum absolute atomic E-state index is 12.2. The Hall–Kier alpha value is -2.86. The Morgan fingerprint density at radius 1 is 1.04 bits per heavy atom. The summed E-state index contributed by atoms with van der Waals surface area (Å²) in [7, 11) is 3.15. The minimum absolute atomic E-state index is 0.222. The number of carbonyl (C=O) groups is 2. The number of nitrogens with one attached hydrogen (secondary N) is 2. The van der Waals surface area contributed by atoms with Crippen molar-refractivity contribution < 1.29 is 19.1 Å². The van der Waals surface area contributed by atoms with Crippen LogP contribution in [0.2, 0.25) is 0 Å². The Morgan fingerprint density at radius 3 is 2.58 bits per heavy atom. The Morgan fingerprint density at radius 2 is 1.85 bits per heavy atom. The van der Waals surface area contributed by atoms with Gasteiger partial charge < -0.3 is 20.1 Å². The molecule has 0 radical (unpaired) electrons. The van der Waals surface area contributed by atoms with Gasteiger partial charge in [0, 0.05) is 24.2 Å².